The highest BCUT2D eigenvalue weighted by molar-refractivity contribution is 4.83. The van der Waals surface area contributed by atoms with Gasteiger partial charge < -0.3 is 10.6 Å². The molecule has 1 saturated heterocycles. The maximum atomic E-state index is 5.55. The third-order valence-electron chi connectivity index (χ3n) is 3.13. The first kappa shape index (κ1) is 11.0. The minimum Gasteiger partial charge on any atom is -0.330 e. The quantitative estimate of drug-likeness (QED) is 0.686. The van der Waals surface area contributed by atoms with Crippen LogP contribution in [0.1, 0.15) is 19.8 Å². The number of nitrogens with two attached hydrogens (primary N) is 1. The highest BCUT2D eigenvalue weighted by Gasteiger charge is 2.26. The first-order valence-electron chi connectivity index (χ1n) is 5.25. The standard InChI is InChI=1S/C10H23N3/c1-9(4-6-11)13-7-5-10(8-13)12(2)3/h9-10H,4-8,11H2,1-3H3. The molecular formula is C10H23N3. The first-order valence-corrected chi connectivity index (χ1v) is 5.25. The number of nitrogens with zero attached hydrogens (tertiary/aromatic N) is 2. The van der Waals surface area contributed by atoms with Gasteiger partial charge in [0.2, 0.25) is 0 Å². The Morgan fingerprint density at radius 2 is 2.23 bits per heavy atom. The lowest BCUT2D eigenvalue weighted by atomic mass is 10.2. The summed E-state index contributed by atoms with van der Waals surface area (Å²) in [5.41, 5.74) is 5.55. The van der Waals surface area contributed by atoms with Crippen LogP contribution in [0.25, 0.3) is 0 Å². The van der Waals surface area contributed by atoms with Gasteiger partial charge in [0.15, 0.2) is 0 Å². The molecule has 0 aliphatic carbocycles. The molecule has 1 rings (SSSR count). The third kappa shape index (κ3) is 2.93. The number of hydrogen-bond acceptors (Lipinski definition) is 3. The van der Waals surface area contributed by atoms with E-state index in [0.717, 1.165) is 19.0 Å². The molecule has 0 aromatic heterocycles. The zero-order valence-corrected chi connectivity index (χ0v) is 9.16. The molecule has 0 spiro atoms. The van der Waals surface area contributed by atoms with Gasteiger partial charge in [0, 0.05) is 25.2 Å². The first-order chi connectivity index (χ1) is 6.15. The molecule has 1 fully saturated rings. The van der Waals surface area contributed by atoms with Crippen LogP contribution in [0.5, 0.6) is 0 Å². The van der Waals surface area contributed by atoms with E-state index in [9.17, 15) is 0 Å². The molecule has 0 radical (unpaired) electrons. The molecule has 78 valence electrons. The van der Waals surface area contributed by atoms with E-state index in [1.807, 2.05) is 0 Å². The average molecular weight is 185 g/mol. The number of likely N-dealkylation sites (N-methyl/N-ethyl adjacent to an activating group) is 1. The van der Waals surface area contributed by atoms with Crippen molar-refractivity contribution in [2.45, 2.75) is 31.8 Å². The molecule has 1 aliphatic heterocycles. The molecule has 1 aliphatic rings. The van der Waals surface area contributed by atoms with Gasteiger partial charge >= 0.3 is 0 Å². The highest BCUT2D eigenvalue weighted by atomic mass is 15.2. The second kappa shape index (κ2) is 4.94. The molecule has 0 aromatic rings. The molecule has 1 heterocycles. The number of hydrogen-bond donors (Lipinski definition) is 1. The van der Waals surface area contributed by atoms with Crippen LogP contribution in [0.15, 0.2) is 0 Å². The van der Waals surface area contributed by atoms with Crippen molar-refractivity contribution in [1.29, 1.82) is 0 Å². The van der Waals surface area contributed by atoms with Crippen LogP contribution >= 0.6 is 0 Å². The largest absolute Gasteiger partial charge is 0.330 e. The summed E-state index contributed by atoms with van der Waals surface area (Å²) in [5.74, 6) is 0. The minimum absolute atomic E-state index is 0.662. The van der Waals surface area contributed by atoms with E-state index < -0.39 is 0 Å². The van der Waals surface area contributed by atoms with Gasteiger partial charge in [0.05, 0.1) is 0 Å². The molecule has 2 unspecified atom stereocenters. The molecule has 0 bridgehead atoms. The molecule has 0 saturated carbocycles. The third-order valence-corrected chi connectivity index (χ3v) is 3.13. The Balaban J connectivity index is 2.31. The zero-order chi connectivity index (χ0) is 9.84. The topological polar surface area (TPSA) is 32.5 Å². The molecular weight excluding hydrogens is 162 g/mol. The minimum atomic E-state index is 0.662. The van der Waals surface area contributed by atoms with E-state index in [1.165, 1.54) is 19.5 Å². The van der Waals surface area contributed by atoms with E-state index in [0.29, 0.717) is 6.04 Å². The Kier molecular flexibility index (Phi) is 4.16. The average Bonchev–Trinajstić information content (AvgIpc) is 2.52. The smallest absolute Gasteiger partial charge is 0.0229 e. The molecule has 3 nitrogen and oxygen atoms in total. The van der Waals surface area contributed by atoms with Gasteiger partial charge in [0.25, 0.3) is 0 Å². The lowest BCUT2D eigenvalue weighted by Gasteiger charge is -2.25. The van der Waals surface area contributed by atoms with Gasteiger partial charge in [-0.05, 0) is 40.4 Å². The van der Waals surface area contributed by atoms with Crippen LogP contribution in [0.2, 0.25) is 0 Å². The SMILES string of the molecule is CC(CCN)N1CCC(N(C)C)C1. The van der Waals surface area contributed by atoms with Gasteiger partial charge in [0.1, 0.15) is 0 Å². The van der Waals surface area contributed by atoms with Crippen molar-refractivity contribution >= 4 is 0 Å². The Labute approximate surface area is 81.9 Å². The lowest BCUT2D eigenvalue weighted by molar-refractivity contribution is 0.220. The Morgan fingerprint density at radius 1 is 1.54 bits per heavy atom. The van der Waals surface area contributed by atoms with E-state index in [2.05, 4.69) is 30.8 Å². The van der Waals surface area contributed by atoms with Gasteiger partial charge in [-0.25, -0.2) is 0 Å². The summed E-state index contributed by atoms with van der Waals surface area (Å²) in [6.45, 7) is 5.55. The van der Waals surface area contributed by atoms with Crippen LogP contribution in [0.3, 0.4) is 0 Å². The van der Waals surface area contributed by atoms with Crippen molar-refractivity contribution in [2.24, 2.45) is 5.73 Å². The molecule has 0 aromatic carbocycles. The van der Waals surface area contributed by atoms with Gasteiger partial charge in [-0.1, -0.05) is 0 Å². The van der Waals surface area contributed by atoms with Gasteiger partial charge in [-0.2, -0.15) is 0 Å². The van der Waals surface area contributed by atoms with Crippen LogP contribution in [0, 0.1) is 0 Å². The maximum Gasteiger partial charge on any atom is 0.0229 e. The fourth-order valence-electron chi connectivity index (χ4n) is 2.01. The van der Waals surface area contributed by atoms with Crippen LogP contribution < -0.4 is 5.73 Å². The van der Waals surface area contributed by atoms with Crippen LogP contribution in [0.4, 0.5) is 0 Å². The van der Waals surface area contributed by atoms with E-state index >= 15 is 0 Å². The normalized spacial score (nSPS) is 27.0. The van der Waals surface area contributed by atoms with Crippen LogP contribution in [-0.4, -0.2) is 55.6 Å². The highest BCUT2D eigenvalue weighted by Crippen LogP contribution is 2.16. The summed E-state index contributed by atoms with van der Waals surface area (Å²) < 4.78 is 0. The summed E-state index contributed by atoms with van der Waals surface area (Å²) in [5, 5.41) is 0. The predicted octanol–water partition coefficient (Wildman–Crippen LogP) is 0.360. The van der Waals surface area contributed by atoms with Crippen molar-refractivity contribution in [3.8, 4) is 0 Å². The van der Waals surface area contributed by atoms with Crippen molar-refractivity contribution in [2.75, 3.05) is 33.7 Å². The second-order valence-corrected chi connectivity index (χ2v) is 4.33. The van der Waals surface area contributed by atoms with Crippen molar-refractivity contribution in [3.63, 3.8) is 0 Å². The predicted molar refractivity (Wildman–Crippen MR) is 56.8 cm³/mol. The molecule has 0 amide bonds. The molecule has 3 heteroatoms. The zero-order valence-electron chi connectivity index (χ0n) is 9.16. The summed E-state index contributed by atoms with van der Waals surface area (Å²) in [7, 11) is 4.34. The van der Waals surface area contributed by atoms with Crippen molar-refractivity contribution in [3.05, 3.63) is 0 Å². The van der Waals surface area contributed by atoms with E-state index in [-0.39, 0.29) is 0 Å². The number of rotatable bonds is 4. The lowest BCUT2D eigenvalue weighted by Crippen LogP contribution is -2.36. The van der Waals surface area contributed by atoms with Gasteiger partial charge in [-0.15, -0.1) is 0 Å². The van der Waals surface area contributed by atoms with Gasteiger partial charge in [-0.3, -0.25) is 4.90 Å². The fourth-order valence-corrected chi connectivity index (χ4v) is 2.01. The summed E-state index contributed by atoms with van der Waals surface area (Å²) in [6.07, 6.45) is 2.43. The molecule has 2 N–H and O–H groups in total. The summed E-state index contributed by atoms with van der Waals surface area (Å²) in [4.78, 5) is 4.88. The summed E-state index contributed by atoms with van der Waals surface area (Å²) in [6, 6.07) is 1.41. The second-order valence-electron chi connectivity index (χ2n) is 4.33. The Morgan fingerprint density at radius 3 is 2.69 bits per heavy atom. The Bertz CT molecular complexity index is 147. The van der Waals surface area contributed by atoms with Crippen molar-refractivity contribution in [1.82, 2.24) is 9.80 Å². The maximum absolute atomic E-state index is 5.55. The fraction of sp³-hybridized carbons (Fsp3) is 1.00. The van der Waals surface area contributed by atoms with E-state index in [4.69, 9.17) is 5.73 Å². The number of likely N-dealkylation sites (tertiary alicyclic amines) is 1. The van der Waals surface area contributed by atoms with E-state index in [1.54, 1.807) is 0 Å². The van der Waals surface area contributed by atoms with Crippen LogP contribution in [-0.2, 0) is 0 Å². The van der Waals surface area contributed by atoms with Crippen molar-refractivity contribution < 1.29 is 0 Å². The Hall–Kier alpha value is -0.120. The molecule has 13 heavy (non-hydrogen) atoms. The molecule has 2 atom stereocenters. The summed E-state index contributed by atoms with van der Waals surface area (Å²) >= 11 is 0. The monoisotopic (exact) mass is 185 g/mol.